The fourth-order valence-electron chi connectivity index (χ4n) is 4.06. The van der Waals surface area contributed by atoms with Crippen LogP contribution >= 0.6 is 0 Å². The molecule has 5 heterocycles. The summed E-state index contributed by atoms with van der Waals surface area (Å²) >= 11 is 0. The van der Waals surface area contributed by atoms with Crippen LogP contribution in [0.5, 0.6) is 0 Å². The lowest BCUT2D eigenvalue weighted by Gasteiger charge is -2.33. The van der Waals surface area contributed by atoms with Crippen LogP contribution in [0, 0.1) is 0 Å². The average molecular weight is 448 g/mol. The molecule has 1 N–H and O–H groups in total. The molecule has 0 spiro atoms. The monoisotopic (exact) mass is 448 g/mol. The van der Waals surface area contributed by atoms with Crippen molar-refractivity contribution in [2.24, 2.45) is 0 Å². The van der Waals surface area contributed by atoms with E-state index in [2.05, 4.69) is 30.2 Å². The van der Waals surface area contributed by atoms with Crippen molar-refractivity contribution in [3.8, 4) is 0 Å². The number of nitrogens with zero attached hydrogens (tertiary/aromatic N) is 7. The van der Waals surface area contributed by atoms with Crippen molar-refractivity contribution in [2.75, 3.05) is 54.5 Å². The van der Waals surface area contributed by atoms with Gasteiger partial charge in [0.2, 0.25) is 5.95 Å². The number of ether oxygens (including phenoxy) is 1. The zero-order valence-electron chi connectivity index (χ0n) is 17.3. The maximum atomic E-state index is 13.1. The number of hydrogen-bond donors (Lipinski definition) is 1. The minimum absolute atomic E-state index is 0.198. The molecule has 2 saturated heterocycles. The molecular weight excluding hydrogens is 425 g/mol. The van der Waals surface area contributed by atoms with Gasteiger partial charge in [0.05, 0.1) is 13.2 Å². The Labute approximate surface area is 182 Å². The molecule has 5 rings (SSSR count). The Kier molecular flexibility index (Phi) is 5.45. The fraction of sp³-hybridized carbons (Fsp3) is 0.500. The van der Waals surface area contributed by atoms with Crippen molar-refractivity contribution < 1.29 is 17.9 Å². The highest BCUT2D eigenvalue weighted by atomic mass is 19.4. The second-order valence-corrected chi connectivity index (χ2v) is 7.85. The van der Waals surface area contributed by atoms with E-state index in [4.69, 9.17) is 4.74 Å². The molecule has 0 saturated carbocycles. The Hall–Kier alpha value is -3.15. The van der Waals surface area contributed by atoms with E-state index in [1.807, 2.05) is 11.0 Å². The third kappa shape index (κ3) is 4.27. The van der Waals surface area contributed by atoms with Gasteiger partial charge in [-0.3, -0.25) is 0 Å². The molecule has 3 aromatic rings. The Morgan fingerprint density at radius 3 is 2.50 bits per heavy atom. The van der Waals surface area contributed by atoms with Crippen LogP contribution in [0.2, 0.25) is 0 Å². The predicted octanol–water partition coefficient (Wildman–Crippen LogP) is 2.46. The number of aromatic nitrogens is 5. The summed E-state index contributed by atoms with van der Waals surface area (Å²) in [5.74, 6) is 1.92. The van der Waals surface area contributed by atoms with Crippen molar-refractivity contribution in [1.29, 1.82) is 0 Å². The number of halogens is 3. The second-order valence-electron chi connectivity index (χ2n) is 7.85. The van der Waals surface area contributed by atoms with E-state index in [-0.39, 0.29) is 11.7 Å². The Balaban J connectivity index is 1.25. The van der Waals surface area contributed by atoms with Crippen LogP contribution in [0.25, 0.3) is 5.65 Å². The minimum Gasteiger partial charge on any atom is -0.378 e. The van der Waals surface area contributed by atoms with Crippen LogP contribution in [0.15, 0.2) is 30.9 Å². The van der Waals surface area contributed by atoms with Crippen molar-refractivity contribution in [3.63, 3.8) is 0 Å². The molecule has 0 aromatic carbocycles. The van der Waals surface area contributed by atoms with Gasteiger partial charge in [0.1, 0.15) is 5.82 Å². The molecule has 0 atom stereocenters. The summed E-state index contributed by atoms with van der Waals surface area (Å²) in [7, 11) is 0. The maximum absolute atomic E-state index is 13.1. The maximum Gasteiger partial charge on any atom is 0.434 e. The number of imidazole rings is 1. The summed E-state index contributed by atoms with van der Waals surface area (Å²) in [6.45, 7) is 4.18. The third-order valence-electron chi connectivity index (χ3n) is 5.73. The van der Waals surface area contributed by atoms with E-state index < -0.39 is 11.9 Å². The molecule has 32 heavy (non-hydrogen) atoms. The van der Waals surface area contributed by atoms with Gasteiger partial charge in [-0.1, -0.05) is 0 Å². The third-order valence-corrected chi connectivity index (χ3v) is 5.73. The molecule has 2 fully saturated rings. The SMILES string of the molecule is FC(F)(F)c1cn2ccnc(N3CCC(Nc4ccnc(N5CCOCC5)n4)CC3)c2n1. The predicted molar refractivity (Wildman–Crippen MR) is 112 cm³/mol. The van der Waals surface area contributed by atoms with Gasteiger partial charge in [-0.05, 0) is 18.9 Å². The van der Waals surface area contributed by atoms with Gasteiger partial charge in [0.15, 0.2) is 17.2 Å². The van der Waals surface area contributed by atoms with Crippen LogP contribution in [0.4, 0.5) is 30.8 Å². The summed E-state index contributed by atoms with van der Waals surface area (Å²) in [4.78, 5) is 21.2. The highest BCUT2D eigenvalue weighted by Crippen LogP contribution is 2.31. The second kappa shape index (κ2) is 8.41. The molecule has 9 nitrogen and oxygen atoms in total. The summed E-state index contributed by atoms with van der Waals surface area (Å²) in [5, 5.41) is 3.47. The number of alkyl halides is 3. The van der Waals surface area contributed by atoms with E-state index in [1.54, 1.807) is 6.20 Å². The van der Waals surface area contributed by atoms with Gasteiger partial charge in [-0.2, -0.15) is 18.2 Å². The van der Waals surface area contributed by atoms with E-state index in [1.165, 1.54) is 16.8 Å². The number of piperidine rings is 1. The van der Waals surface area contributed by atoms with Gasteiger partial charge in [0, 0.05) is 57.0 Å². The zero-order chi connectivity index (χ0) is 22.1. The molecule has 3 aromatic heterocycles. The number of morpholine rings is 1. The van der Waals surface area contributed by atoms with E-state index in [9.17, 15) is 13.2 Å². The summed E-state index contributed by atoms with van der Waals surface area (Å²) in [5.41, 5.74) is -0.694. The highest BCUT2D eigenvalue weighted by Gasteiger charge is 2.35. The fourth-order valence-corrected chi connectivity index (χ4v) is 4.06. The number of fused-ring (bicyclic) bond motifs is 1. The molecular formula is C20H23F3N8O. The van der Waals surface area contributed by atoms with Crippen LogP contribution in [-0.2, 0) is 10.9 Å². The Bertz CT molecular complexity index is 1070. The minimum atomic E-state index is -4.49. The van der Waals surface area contributed by atoms with Crippen molar-refractivity contribution in [2.45, 2.75) is 25.1 Å². The van der Waals surface area contributed by atoms with Crippen LogP contribution in [0.1, 0.15) is 18.5 Å². The highest BCUT2D eigenvalue weighted by molar-refractivity contribution is 5.65. The number of nitrogens with one attached hydrogen (secondary N) is 1. The molecule has 170 valence electrons. The lowest BCUT2D eigenvalue weighted by molar-refractivity contribution is -0.140. The van der Waals surface area contributed by atoms with E-state index >= 15 is 0 Å². The van der Waals surface area contributed by atoms with Crippen molar-refractivity contribution in [1.82, 2.24) is 24.3 Å². The Morgan fingerprint density at radius 2 is 1.75 bits per heavy atom. The van der Waals surface area contributed by atoms with Gasteiger partial charge < -0.3 is 24.3 Å². The van der Waals surface area contributed by atoms with Crippen LogP contribution < -0.4 is 15.1 Å². The lowest BCUT2D eigenvalue weighted by atomic mass is 10.1. The van der Waals surface area contributed by atoms with Gasteiger partial charge in [-0.25, -0.2) is 15.0 Å². The Morgan fingerprint density at radius 1 is 0.969 bits per heavy atom. The van der Waals surface area contributed by atoms with Crippen LogP contribution in [-0.4, -0.2) is 69.8 Å². The number of rotatable bonds is 4. The number of anilines is 3. The van der Waals surface area contributed by atoms with Gasteiger partial charge in [-0.15, -0.1) is 0 Å². The molecule has 2 aliphatic heterocycles. The van der Waals surface area contributed by atoms with Crippen molar-refractivity contribution in [3.05, 3.63) is 36.5 Å². The molecule has 12 heteroatoms. The molecule has 0 radical (unpaired) electrons. The largest absolute Gasteiger partial charge is 0.434 e. The molecule has 0 amide bonds. The topological polar surface area (TPSA) is 83.7 Å². The first-order valence-corrected chi connectivity index (χ1v) is 10.6. The average Bonchev–Trinajstić information content (AvgIpc) is 3.26. The first kappa shape index (κ1) is 20.7. The summed E-state index contributed by atoms with van der Waals surface area (Å²) in [6, 6.07) is 2.05. The number of hydrogen-bond acceptors (Lipinski definition) is 8. The summed E-state index contributed by atoms with van der Waals surface area (Å²) < 4.78 is 46.0. The van der Waals surface area contributed by atoms with Gasteiger partial charge in [0.25, 0.3) is 0 Å². The smallest absolute Gasteiger partial charge is 0.378 e. The van der Waals surface area contributed by atoms with E-state index in [0.29, 0.717) is 38.1 Å². The lowest BCUT2D eigenvalue weighted by Crippen LogP contribution is -2.40. The van der Waals surface area contributed by atoms with Crippen molar-refractivity contribution >= 4 is 23.2 Å². The van der Waals surface area contributed by atoms with Crippen LogP contribution in [0.3, 0.4) is 0 Å². The van der Waals surface area contributed by atoms with Gasteiger partial charge >= 0.3 is 6.18 Å². The molecule has 2 aliphatic rings. The zero-order valence-corrected chi connectivity index (χ0v) is 17.3. The van der Waals surface area contributed by atoms with E-state index in [0.717, 1.165) is 37.9 Å². The molecule has 0 bridgehead atoms. The molecule has 0 unspecified atom stereocenters. The summed E-state index contributed by atoms with van der Waals surface area (Å²) in [6.07, 6.45) is 2.84. The quantitative estimate of drug-likeness (QED) is 0.652. The first-order valence-electron chi connectivity index (χ1n) is 10.6. The first-order chi connectivity index (χ1) is 15.5. The normalized spacial score (nSPS) is 18.3. The standard InChI is InChI=1S/C20H23F3N8O/c21-20(22,23)15-13-31-8-5-24-17(18(31)27-15)29-6-2-14(3-7-29)26-16-1-4-25-19(28-16)30-9-11-32-12-10-30/h1,4-5,8,13-14H,2-3,6-7,9-12H2,(H,25,26,28). The molecule has 0 aliphatic carbocycles.